The second kappa shape index (κ2) is 41.7. The molecule has 2 fully saturated rings. The van der Waals surface area contributed by atoms with Crippen molar-refractivity contribution >= 4 is 104 Å². The van der Waals surface area contributed by atoms with Crippen LogP contribution in [0, 0.1) is 24.2 Å². The molecule has 5 heterocycles. The maximum atomic E-state index is 14.7. The molecule has 22 N–H and O–H groups in total. The van der Waals surface area contributed by atoms with Crippen LogP contribution in [0.3, 0.4) is 0 Å². The Kier molecular flexibility index (Phi) is 31.8. The Morgan fingerprint density at radius 2 is 1.28 bits per heavy atom. The fraction of sp³-hybridized carbons (Fsp3) is 0.462. The van der Waals surface area contributed by atoms with E-state index in [1.165, 1.54) is 41.7 Å². The van der Waals surface area contributed by atoms with Gasteiger partial charge in [-0.15, -0.1) is 0 Å². The van der Waals surface area contributed by atoms with Gasteiger partial charge in [-0.25, -0.2) is 9.97 Å². The van der Waals surface area contributed by atoms with Crippen LogP contribution < -0.4 is 89.9 Å². The molecule has 7 aromatic rings. The first-order valence-electron chi connectivity index (χ1n) is 37.9. The minimum atomic E-state index is -1.75. The summed E-state index contributed by atoms with van der Waals surface area (Å²) in [6, 6.07) is 9.16. The first kappa shape index (κ1) is 87.1. The molecule has 2 aliphatic heterocycles. The lowest BCUT2D eigenvalue weighted by molar-refractivity contribution is -0.142. The second-order valence-corrected chi connectivity index (χ2v) is 28.8. The van der Waals surface area contributed by atoms with E-state index in [0.717, 1.165) is 33.2 Å². The average Bonchev–Trinajstić information content (AvgIpc) is 1.05. The van der Waals surface area contributed by atoms with Crippen molar-refractivity contribution in [3.05, 3.63) is 119 Å². The number of ether oxygens (including phenoxy) is 3. The van der Waals surface area contributed by atoms with Crippen LogP contribution in [0.15, 0.2) is 91.5 Å². The zero-order chi connectivity index (χ0) is 82.9. The Bertz CT molecular complexity index is 4490. The summed E-state index contributed by atoms with van der Waals surface area (Å²) in [4.78, 5) is 159. The van der Waals surface area contributed by atoms with Crippen LogP contribution in [-0.2, 0) is 73.8 Å². The highest BCUT2D eigenvalue weighted by Gasteiger charge is 2.40. The molecule has 9 rings (SSSR count). The number of nitrogens with zero attached hydrogens (tertiary/aromatic N) is 4. The predicted molar refractivity (Wildman–Crippen MR) is 426 cm³/mol. The smallest absolute Gasteiger partial charge is 0.245 e. The first-order chi connectivity index (χ1) is 54.5. The number of anilines is 3. The molecule has 0 aliphatic carbocycles. The van der Waals surface area contributed by atoms with E-state index in [4.69, 9.17) is 36.8 Å². The Morgan fingerprint density at radius 1 is 0.684 bits per heavy atom. The number of hydrogen-bond donors (Lipinski definition) is 19. The molecule has 2 aliphatic rings. The lowest BCUT2D eigenvalue weighted by Crippen LogP contribution is -2.61. The fourth-order valence-electron chi connectivity index (χ4n) is 13.6. The molecule has 614 valence electrons. The first-order valence-corrected chi connectivity index (χ1v) is 37.9. The van der Waals surface area contributed by atoms with Gasteiger partial charge in [0.15, 0.2) is 17.5 Å². The lowest BCUT2D eigenvalue weighted by Gasteiger charge is -2.31. The molecular weight excluding hydrogens is 1470 g/mol. The number of benzene rings is 4. The largest absolute Gasteiger partial charge is 0.508 e. The summed E-state index contributed by atoms with van der Waals surface area (Å²) in [6.45, 7) is 11.4. The summed E-state index contributed by atoms with van der Waals surface area (Å²) in [6.07, 6.45) is 5.81. The van der Waals surface area contributed by atoms with Gasteiger partial charge in [0.1, 0.15) is 65.9 Å². The highest BCUT2D eigenvalue weighted by Crippen LogP contribution is 2.40. The Hall–Kier alpha value is -12.5. The number of nitrogens with one attached hydrogen (secondary N) is 14. The van der Waals surface area contributed by atoms with E-state index < -0.39 is 108 Å². The van der Waals surface area contributed by atoms with Crippen LogP contribution in [-0.4, -0.2) is 207 Å². The van der Waals surface area contributed by atoms with Crippen molar-refractivity contribution in [2.45, 2.75) is 173 Å². The number of carbonyl (C=O) groups is 10. The Labute approximate surface area is 659 Å². The van der Waals surface area contributed by atoms with Gasteiger partial charge in [0, 0.05) is 104 Å². The molecule has 4 aromatic carbocycles. The number of guanidine groups is 1. The Balaban J connectivity index is 0.000000503. The second-order valence-electron chi connectivity index (χ2n) is 28.8. The summed E-state index contributed by atoms with van der Waals surface area (Å²) < 4.78 is 16.1. The third-order valence-electron chi connectivity index (χ3n) is 19.4. The van der Waals surface area contributed by atoms with Gasteiger partial charge in [-0.05, 0) is 117 Å². The third kappa shape index (κ3) is 24.3. The third-order valence-corrected chi connectivity index (χ3v) is 19.4. The number of hydrogen-bond acceptors (Lipinski definition) is 22. The molecule has 114 heavy (non-hydrogen) atoms. The van der Waals surface area contributed by atoms with Gasteiger partial charge >= 0.3 is 0 Å². The molecular formula is C78H107N21O15. The molecule has 36 nitrogen and oxygen atoms in total. The van der Waals surface area contributed by atoms with Crippen molar-refractivity contribution in [3.8, 4) is 23.0 Å². The number of aliphatic hydroxyl groups excluding tert-OH is 1. The van der Waals surface area contributed by atoms with E-state index in [9.17, 15) is 58.2 Å². The standard InChI is InChI=1S/C59H84N16O12.C19H23N5O3/c1-6-63-57(86)48-14-10-22-75(48)58(87)41(13-9-21-64-59(60)61)68-51(80)42(23-32(2)3)69-52(81)43(24-33(4)5)70-53(82)44(25-34-15-17-37(77)18-16-34)71-56(85)47(30-76)74-54(83)45(26-35-28-65-39-12-8-7-11-38(35)39)72-55(84)46(27-36-29-62-31-66-36)73-50(79)40-19-20-49(78)67-40;1-10-11(5-6-13-16(10)18(20)24-19(21)23-13)9-22-12-7-14(25-2)17(27-4)15(8-12)26-3/h7-8,11-12,15-18,28-29,31-33,40-48,65,76-77H,6,9-10,13-14,19-27,30H2,1-5H3,(H,62,66)(H,63,86)(H,67,78)(H,68,80)(H,69,81)(H,70,82)(H,71,85)(H,72,84)(H,73,79)(H,74,83)(H4,60,61,64);5-8,22H,9H2,1-4H3,(H4,20,21,23,24)/t40-,41-,42-,43+,44-,45-,46-,47-,48-;/m0./s1. The zero-order valence-corrected chi connectivity index (χ0v) is 65.5. The van der Waals surface area contributed by atoms with E-state index in [0.29, 0.717) is 77.6 Å². The van der Waals surface area contributed by atoms with E-state index in [2.05, 4.69) is 83.4 Å². The number of aromatic nitrogens is 5. The minimum absolute atomic E-state index is 0.0380. The number of para-hydroxylation sites is 1. The van der Waals surface area contributed by atoms with Crippen LogP contribution in [0.1, 0.15) is 114 Å². The normalized spacial score (nSPS) is 15.6. The molecule has 0 radical (unpaired) electrons. The molecule has 9 atom stereocenters. The summed E-state index contributed by atoms with van der Waals surface area (Å²) in [5.74, 6) is -5.42. The van der Waals surface area contributed by atoms with Gasteiger partial charge < -0.3 is 115 Å². The molecule has 36 heteroatoms. The molecule has 10 amide bonds. The van der Waals surface area contributed by atoms with Gasteiger partial charge in [-0.2, -0.15) is 4.98 Å². The number of aryl methyl sites for hydroxylation is 1. The number of fused-ring (bicyclic) bond motifs is 2. The lowest BCUT2D eigenvalue weighted by atomic mass is 9.98. The summed E-state index contributed by atoms with van der Waals surface area (Å²) >= 11 is 0. The molecule has 0 bridgehead atoms. The molecule has 3 aromatic heterocycles. The van der Waals surface area contributed by atoms with Crippen molar-refractivity contribution < 1.29 is 72.4 Å². The number of H-pyrrole nitrogens is 2. The number of amides is 10. The molecule has 0 saturated carbocycles. The zero-order valence-electron chi connectivity index (χ0n) is 65.5. The predicted octanol–water partition coefficient (Wildman–Crippen LogP) is 1.51. The number of rotatable bonds is 38. The SMILES string of the molecule is CCNC(=O)[C@@H]1CCCN1C(=O)[C@H](CCCNC(=N)N)NC(=O)[C@H](CC(C)C)NC(=O)[C@@H](CC(C)C)NC(=O)[C@H](Cc1ccc(O)cc1)NC(=O)[C@H](CO)NC(=O)[C@H](Cc1c[nH]c2ccccc12)NC(=O)[C@H](Cc1cnc[nH]1)NC(=O)[C@@H]1CCC(=O)N1.COc1cc(NCc2ccc3nc(N)nc(N)c3c2C)cc(OC)c1OC. The number of nitrogens with two attached hydrogens (primary N) is 3. The molecule has 2 saturated heterocycles. The number of carbonyl (C=O) groups excluding carboxylic acids is 10. The average molecular weight is 1580 g/mol. The summed E-state index contributed by atoms with van der Waals surface area (Å²) in [5, 5.41) is 60.3. The van der Waals surface area contributed by atoms with Gasteiger partial charge in [0.05, 0.1) is 39.8 Å². The Morgan fingerprint density at radius 3 is 1.86 bits per heavy atom. The van der Waals surface area contributed by atoms with Crippen LogP contribution in [0.25, 0.3) is 21.8 Å². The maximum absolute atomic E-state index is 14.7. The van der Waals surface area contributed by atoms with Gasteiger partial charge in [0.25, 0.3) is 0 Å². The molecule has 0 unspecified atom stereocenters. The van der Waals surface area contributed by atoms with E-state index in [1.54, 1.807) is 66.5 Å². The van der Waals surface area contributed by atoms with Gasteiger partial charge in [-0.3, -0.25) is 53.4 Å². The van der Waals surface area contributed by atoms with E-state index >= 15 is 0 Å². The number of likely N-dealkylation sites (tertiary alicyclic amines) is 1. The number of methoxy groups -OCH3 is 3. The van der Waals surface area contributed by atoms with Crippen molar-refractivity contribution in [1.29, 1.82) is 5.41 Å². The molecule has 0 spiro atoms. The van der Waals surface area contributed by atoms with Crippen LogP contribution in [0.4, 0.5) is 17.5 Å². The number of aromatic hydroxyl groups is 1. The van der Waals surface area contributed by atoms with Gasteiger partial charge in [-0.1, -0.05) is 64.1 Å². The quantitative estimate of drug-likeness (QED) is 0.0148. The number of likely N-dealkylation sites (N-methyl/N-ethyl adjacent to an activating group) is 1. The number of phenols is 1. The highest BCUT2D eigenvalue weighted by molar-refractivity contribution is 6.00. The van der Waals surface area contributed by atoms with Crippen molar-refractivity contribution in [2.75, 3.05) is 64.4 Å². The number of imidazole rings is 1. The monoisotopic (exact) mass is 1580 g/mol. The maximum Gasteiger partial charge on any atom is 0.245 e. The number of nitrogen functional groups attached to an aromatic ring is 2. The number of aromatic amines is 2. The van der Waals surface area contributed by atoms with Crippen molar-refractivity contribution in [3.63, 3.8) is 0 Å². The summed E-state index contributed by atoms with van der Waals surface area (Å²) in [5.41, 5.74) is 23.1. The van der Waals surface area contributed by atoms with Crippen molar-refractivity contribution in [1.82, 2.24) is 83.0 Å². The van der Waals surface area contributed by atoms with E-state index in [-0.39, 0.29) is 106 Å². The van der Waals surface area contributed by atoms with Crippen LogP contribution >= 0.6 is 0 Å². The van der Waals surface area contributed by atoms with Gasteiger partial charge in [0.2, 0.25) is 70.8 Å². The number of aliphatic hydroxyl groups is 1. The van der Waals surface area contributed by atoms with Crippen LogP contribution in [0.5, 0.6) is 23.0 Å². The minimum Gasteiger partial charge on any atom is -0.508 e. The van der Waals surface area contributed by atoms with Crippen LogP contribution in [0.2, 0.25) is 0 Å². The van der Waals surface area contributed by atoms with Crippen molar-refractivity contribution in [2.24, 2.45) is 17.6 Å². The summed E-state index contributed by atoms with van der Waals surface area (Å²) in [7, 11) is 4.75. The topological polar surface area (TPSA) is 547 Å². The van der Waals surface area contributed by atoms with E-state index in [1.807, 2.05) is 51.1 Å². The highest BCUT2D eigenvalue weighted by atomic mass is 16.5. The number of phenolic OH excluding ortho intramolecular Hbond substituents is 1. The fourth-order valence-corrected chi connectivity index (χ4v) is 13.6.